The first-order valence-electron chi connectivity index (χ1n) is 6.30. The van der Waals surface area contributed by atoms with E-state index >= 15 is 0 Å². The van der Waals surface area contributed by atoms with Crippen molar-refractivity contribution >= 4 is 27.8 Å². The van der Waals surface area contributed by atoms with E-state index in [2.05, 4.69) is 21.2 Å². The molecular weight excluding hydrogens is 326 g/mol. The molecule has 110 valence electrons. The monoisotopic (exact) mass is 343 g/mol. The normalized spacial score (nSPS) is 11.8. The topological polar surface area (TPSA) is 75.6 Å². The molecule has 2 N–H and O–H groups in total. The van der Waals surface area contributed by atoms with Crippen molar-refractivity contribution in [3.8, 4) is 5.75 Å². The maximum absolute atomic E-state index is 12.0. The molecule has 1 unspecified atom stereocenters. The van der Waals surface area contributed by atoms with Crippen molar-refractivity contribution in [2.75, 3.05) is 13.7 Å². The summed E-state index contributed by atoms with van der Waals surface area (Å²) >= 11 is 3.31. The molecule has 0 aliphatic rings. The highest BCUT2D eigenvalue weighted by molar-refractivity contribution is 9.10. The number of amides is 1. The number of hydrogen-bond acceptors (Lipinski definition) is 3. The van der Waals surface area contributed by atoms with Gasteiger partial charge < -0.3 is 15.2 Å². The summed E-state index contributed by atoms with van der Waals surface area (Å²) in [6, 6.07) is 5.17. The van der Waals surface area contributed by atoms with Crippen molar-refractivity contribution in [1.82, 2.24) is 5.32 Å². The molecule has 1 aromatic rings. The summed E-state index contributed by atoms with van der Waals surface area (Å²) in [5.74, 6) is -0.937. The second kappa shape index (κ2) is 7.89. The number of carboxylic acids is 1. The van der Waals surface area contributed by atoms with Crippen molar-refractivity contribution in [3.63, 3.8) is 0 Å². The van der Waals surface area contributed by atoms with Crippen LogP contribution >= 0.6 is 15.9 Å². The van der Waals surface area contributed by atoms with Gasteiger partial charge in [-0.05, 0) is 31.0 Å². The van der Waals surface area contributed by atoms with Crippen molar-refractivity contribution in [2.24, 2.45) is 5.92 Å². The summed E-state index contributed by atoms with van der Waals surface area (Å²) in [4.78, 5) is 22.6. The molecule has 1 aromatic carbocycles. The molecule has 0 aliphatic heterocycles. The van der Waals surface area contributed by atoms with Crippen LogP contribution in [0.15, 0.2) is 22.7 Å². The zero-order chi connectivity index (χ0) is 15.1. The van der Waals surface area contributed by atoms with Crippen LogP contribution in [0.25, 0.3) is 0 Å². The van der Waals surface area contributed by atoms with Crippen LogP contribution in [0.2, 0.25) is 0 Å². The number of ether oxygens (including phenoxy) is 1. The van der Waals surface area contributed by atoms with Gasteiger partial charge in [0.1, 0.15) is 5.75 Å². The molecule has 1 amide bonds. The highest BCUT2D eigenvalue weighted by Gasteiger charge is 2.13. The van der Waals surface area contributed by atoms with Crippen LogP contribution in [0, 0.1) is 5.92 Å². The molecule has 0 fully saturated rings. The van der Waals surface area contributed by atoms with Gasteiger partial charge in [0.05, 0.1) is 18.6 Å². The van der Waals surface area contributed by atoms with Crippen molar-refractivity contribution < 1.29 is 19.4 Å². The van der Waals surface area contributed by atoms with Gasteiger partial charge in [0.15, 0.2) is 0 Å². The molecule has 0 spiro atoms. The first kappa shape index (κ1) is 16.5. The SMILES string of the molecule is COc1cc(Br)ccc1C(=O)NCCCC(C)C(=O)O. The molecule has 0 aliphatic carbocycles. The van der Waals surface area contributed by atoms with Crippen LogP contribution in [0.3, 0.4) is 0 Å². The first-order valence-corrected chi connectivity index (χ1v) is 7.09. The molecule has 0 radical (unpaired) electrons. The fourth-order valence-corrected chi connectivity index (χ4v) is 2.02. The van der Waals surface area contributed by atoms with E-state index in [0.29, 0.717) is 30.7 Å². The zero-order valence-corrected chi connectivity index (χ0v) is 13.1. The van der Waals surface area contributed by atoms with Gasteiger partial charge in [-0.25, -0.2) is 0 Å². The van der Waals surface area contributed by atoms with Crippen LogP contribution in [-0.4, -0.2) is 30.6 Å². The van der Waals surface area contributed by atoms with Gasteiger partial charge in [0.25, 0.3) is 5.91 Å². The van der Waals surface area contributed by atoms with Crippen molar-refractivity contribution in [2.45, 2.75) is 19.8 Å². The number of hydrogen-bond donors (Lipinski definition) is 2. The average Bonchev–Trinajstić information content (AvgIpc) is 2.42. The molecule has 0 bridgehead atoms. The number of carbonyl (C=O) groups excluding carboxylic acids is 1. The average molecular weight is 344 g/mol. The smallest absolute Gasteiger partial charge is 0.306 e. The van der Waals surface area contributed by atoms with E-state index in [0.717, 1.165) is 4.47 Å². The second-order valence-corrected chi connectivity index (χ2v) is 5.40. The van der Waals surface area contributed by atoms with Gasteiger partial charge in [0.2, 0.25) is 0 Å². The molecule has 1 atom stereocenters. The number of methoxy groups -OCH3 is 1. The van der Waals surface area contributed by atoms with E-state index in [1.54, 1.807) is 25.1 Å². The number of carboxylic acid groups (broad SMARTS) is 1. The van der Waals surface area contributed by atoms with Gasteiger partial charge in [-0.1, -0.05) is 22.9 Å². The predicted molar refractivity (Wildman–Crippen MR) is 79.1 cm³/mol. The van der Waals surface area contributed by atoms with E-state index in [1.807, 2.05) is 0 Å². The van der Waals surface area contributed by atoms with Crippen LogP contribution in [0.4, 0.5) is 0 Å². The second-order valence-electron chi connectivity index (χ2n) is 4.48. The lowest BCUT2D eigenvalue weighted by molar-refractivity contribution is -0.141. The number of rotatable bonds is 7. The van der Waals surface area contributed by atoms with Gasteiger partial charge in [-0.3, -0.25) is 9.59 Å². The number of aliphatic carboxylic acids is 1. The number of nitrogens with one attached hydrogen (secondary N) is 1. The Morgan fingerprint density at radius 3 is 2.75 bits per heavy atom. The largest absolute Gasteiger partial charge is 0.496 e. The Kier molecular flexibility index (Phi) is 6.51. The fourth-order valence-electron chi connectivity index (χ4n) is 1.68. The molecule has 0 heterocycles. The Hall–Kier alpha value is -1.56. The lowest BCUT2D eigenvalue weighted by Gasteiger charge is -2.10. The lowest BCUT2D eigenvalue weighted by atomic mass is 10.1. The quantitative estimate of drug-likeness (QED) is 0.746. The van der Waals surface area contributed by atoms with Crippen molar-refractivity contribution in [3.05, 3.63) is 28.2 Å². The summed E-state index contributed by atoms with van der Waals surface area (Å²) in [6.45, 7) is 2.09. The Morgan fingerprint density at radius 1 is 1.45 bits per heavy atom. The Balaban J connectivity index is 2.49. The van der Waals surface area contributed by atoms with Crippen molar-refractivity contribution in [1.29, 1.82) is 0 Å². The van der Waals surface area contributed by atoms with Crippen LogP contribution in [0.5, 0.6) is 5.75 Å². The maximum atomic E-state index is 12.0. The van der Waals surface area contributed by atoms with E-state index in [9.17, 15) is 9.59 Å². The molecule has 0 aromatic heterocycles. The Labute approximate surface area is 126 Å². The molecule has 6 heteroatoms. The molecule has 0 saturated heterocycles. The minimum atomic E-state index is -0.814. The number of carbonyl (C=O) groups is 2. The molecule has 1 rings (SSSR count). The third-order valence-corrected chi connectivity index (χ3v) is 3.42. The van der Waals surface area contributed by atoms with Gasteiger partial charge in [0, 0.05) is 11.0 Å². The van der Waals surface area contributed by atoms with Gasteiger partial charge >= 0.3 is 5.97 Å². The third kappa shape index (κ3) is 4.85. The minimum absolute atomic E-state index is 0.225. The third-order valence-electron chi connectivity index (χ3n) is 2.93. The highest BCUT2D eigenvalue weighted by Crippen LogP contribution is 2.23. The lowest BCUT2D eigenvalue weighted by Crippen LogP contribution is -2.25. The molecule has 5 nitrogen and oxygen atoms in total. The summed E-state index contributed by atoms with van der Waals surface area (Å²) in [5.41, 5.74) is 0.460. The first-order chi connectivity index (χ1) is 9.45. The highest BCUT2D eigenvalue weighted by atomic mass is 79.9. The zero-order valence-electron chi connectivity index (χ0n) is 11.5. The number of benzene rings is 1. The Morgan fingerprint density at radius 2 is 2.15 bits per heavy atom. The summed E-state index contributed by atoms with van der Waals surface area (Å²) < 4.78 is 5.99. The van der Waals surface area contributed by atoms with Crippen LogP contribution in [0.1, 0.15) is 30.1 Å². The maximum Gasteiger partial charge on any atom is 0.306 e. The number of halogens is 1. The van der Waals surface area contributed by atoms with E-state index in [1.165, 1.54) is 7.11 Å². The molecule has 0 saturated carbocycles. The van der Waals surface area contributed by atoms with Crippen LogP contribution < -0.4 is 10.1 Å². The summed E-state index contributed by atoms with van der Waals surface area (Å²) in [7, 11) is 1.51. The Bertz CT molecular complexity index is 490. The summed E-state index contributed by atoms with van der Waals surface area (Å²) in [5, 5.41) is 11.5. The van der Waals surface area contributed by atoms with Crippen LogP contribution in [-0.2, 0) is 4.79 Å². The summed E-state index contributed by atoms with van der Waals surface area (Å²) in [6.07, 6.45) is 1.16. The van der Waals surface area contributed by atoms with Gasteiger partial charge in [-0.15, -0.1) is 0 Å². The standard InChI is InChI=1S/C14H18BrNO4/c1-9(14(18)19)4-3-7-16-13(17)11-6-5-10(15)8-12(11)20-2/h5-6,8-9H,3-4,7H2,1-2H3,(H,16,17)(H,18,19). The fraction of sp³-hybridized carbons (Fsp3) is 0.429. The van der Waals surface area contributed by atoms with E-state index in [4.69, 9.17) is 9.84 Å². The van der Waals surface area contributed by atoms with E-state index < -0.39 is 11.9 Å². The molecular formula is C14H18BrNO4. The van der Waals surface area contributed by atoms with Gasteiger partial charge in [-0.2, -0.15) is 0 Å². The van der Waals surface area contributed by atoms with E-state index in [-0.39, 0.29) is 5.91 Å². The predicted octanol–water partition coefficient (Wildman–Crippen LogP) is 2.69. The molecule has 20 heavy (non-hydrogen) atoms. The minimum Gasteiger partial charge on any atom is -0.496 e.